The number of hydrogen-bond acceptors (Lipinski definition) is 8. The first-order valence-electron chi connectivity index (χ1n) is 7.18. The van der Waals surface area contributed by atoms with Crippen LogP contribution < -0.4 is 9.62 Å². The van der Waals surface area contributed by atoms with E-state index in [2.05, 4.69) is 19.8 Å². The third-order valence-corrected chi connectivity index (χ3v) is 4.04. The molecule has 0 aromatic carbocycles. The van der Waals surface area contributed by atoms with Crippen molar-refractivity contribution in [2.75, 3.05) is 42.1 Å². The number of nitrogens with zero attached hydrogens (tertiary/aromatic N) is 5. The molecule has 11 heteroatoms. The molecular formula is C13H16N6O4S. The van der Waals surface area contributed by atoms with E-state index in [0.29, 0.717) is 32.0 Å². The molecule has 24 heavy (non-hydrogen) atoms. The van der Waals surface area contributed by atoms with Gasteiger partial charge in [0.05, 0.1) is 12.5 Å². The van der Waals surface area contributed by atoms with Crippen LogP contribution in [-0.4, -0.2) is 66.8 Å². The van der Waals surface area contributed by atoms with Crippen LogP contribution >= 0.6 is 0 Å². The van der Waals surface area contributed by atoms with Crippen molar-refractivity contribution < 1.29 is 17.7 Å². The number of anilines is 2. The predicted octanol–water partition coefficient (Wildman–Crippen LogP) is -0.201. The number of amides is 1. The highest BCUT2D eigenvalue weighted by Gasteiger charge is 2.26. The van der Waals surface area contributed by atoms with Gasteiger partial charge in [-0.1, -0.05) is 5.16 Å². The summed E-state index contributed by atoms with van der Waals surface area (Å²) in [5.74, 6) is 0.591. The average Bonchev–Trinajstić information content (AvgIpc) is 3.08. The maximum absolute atomic E-state index is 12.2. The van der Waals surface area contributed by atoms with Gasteiger partial charge in [-0.05, 0) is 0 Å². The largest absolute Gasteiger partial charge is 0.351 e. The van der Waals surface area contributed by atoms with Gasteiger partial charge in [-0.3, -0.25) is 9.52 Å². The van der Waals surface area contributed by atoms with E-state index in [0.717, 1.165) is 6.26 Å². The van der Waals surface area contributed by atoms with Crippen LogP contribution in [0.2, 0.25) is 0 Å². The van der Waals surface area contributed by atoms with Gasteiger partial charge in [0.15, 0.2) is 11.6 Å². The Balaban J connectivity index is 1.70. The Hall–Kier alpha value is -2.69. The third-order valence-electron chi connectivity index (χ3n) is 3.48. The van der Waals surface area contributed by atoms with Gasteiger partial charge in [0.1, 0.15) is 0 Å². The predicted molar refractivity (Wildman–Crippen MR) is 85.1 cm³/mol. The zero-order valence-electron chi connectivity index (χ0n) is 12.9. The Morgan fingerprint density at radius 1 is 1.17 bits per heavy atom. The maximum Gasteiger partial charge on any atom is 0.292 e. The summed E-state index contributed by atoms with van der Waals surface area (Å²) in [5.41, 5.74) is 0. The zero-order valence-corrected chi connectivity index (χ0v) is 13.7. The molecule has 1 saturated heterocycles. The molecule has 10 nitrogen and oxygen atoms in total. The number of rotatable bonds is 4. The summed E-state index contributed by atoms with van der Waals surface area (Å²) in [6, 6.07) is 1.52. The van der Waals surface area contributed by atoms with Crippen LogP contribution in [0, 0.1) is 0 Å². The number of hydrogen-bond donors (Lipinski definition) is 1. The van der Waals surface area contributed by atoms with Gasteiger partial charge in [-0.25, -0.2) is 18.4 Å². The summed E-state index contributed by atoms with van der Waals surface area (Å²) < 4.78 is 30.1. The molecule has 0 saturated carbocycles. The van der Waals surface area contributed by atoms with Crippen LogP contribution in [-0.2, 0) is 10.0 Å². The summed E-state index contributed by atoms with van der Waals surface area (Å²) in [4.78, 5) is 24.0. The molecule has 0 unspecified atom stereocenters. The highest BCUT2D eigenvalue weighted by atomic mass is 32.2. The van der Waals surface area contributed by atoms with Crippen molar-refractivity contribution in [3.05, 3.63) is 30.4 Å². The minimum Gasteiger partial charge on any atom is -0.351 e. The van der Waals surface area contributed by atoms with Gasteiger partial charge >= 0.3 is 0 Å². The Morgan fingerprint density at radius 2 is 1.88 bits per heavy atom. The Labute approximate surface area is 138 Å². The number of carbonyl (C=O) groups excluding carboxylic acids is 1. The van der Waals surface area contributed by atoms with E-state index in [1.165, 1.54) is 24.7 Å². The standard InChI is InChI=1S/C13H16N6O4S/c1-24(21,22)17-11-12(15-5-4-14-11)18-6-8-19(9-7-18)13(20)10-2-3-16-23-10/h2-5H,6-9H2,1H3,(H,14,17). The molecule has 1 N–H and O–H groups in total. The van der Waals surface area contributed by atoms with E-state index in [9.17, 15) is 13.2 Å². The molecule has 0 aliphatic carbocycles. The first kappa shape index (κ1) is 16.2. The minimum absolute atomic E-state index is 0.176. The molecule has 3 rings (SSSR count). The molecular weight excluding hydrogens is 336 g/mol. The van der Waals surface area contributed by atoms with Crippen LogP contribution in [0.15, 0.2) is 29.2 Å². The highest BCUT2D eigenvalue weighted by molar-refractivity contribution is 7.92. The molecule has 2 aromatic heterocycles. The van der Waals surface area contributed by atoms with Crippen LogP contribution in [0.3, 0.4) is 0 Å². The van der Waals surface area contributed by atoms with Crippen molar-refractivity contribution in [1.82, 2.24) is 20.0 Å². The Kier molecular flexibility index (Phi) is 4.34. The molecule has 1 fully saturated rings. The highest BCUT2D eigenvalue weighted by Crippen LogP contribution is 2.22. The molecule has 2 aromatic rings. The second-order valence-electron chi connectivity index (χ2n) is 5.26. The molecule has 1 aliphatic rings. The first-order valence-corrected chi connectivity index (χ1v) is 9.07. The lowest BCUT2D eigenvalue weighted by Crippen LogP contribution is -2.49. The van der Waals surface area contributed by atoms with Crippen molar-refractivity contribution in [1.29, 1.82) is 0 Å². The molecule has 128 valence electrons. The fourth-order valence-corrected chi connectivity index (χ4v) is 2.91. The van der Waals surface area contributed by atoms with Crippen LogP contribution in [0.5, 0.6) is 0 Å². The van der Waals surface area contributed by atoms with Crippen LogP contribution in [0.4, 0.5) is 11.6 Å². The number of aromatic nitrogens is 3. The summed E-state index contributed by atoms with van der Waals surface area (Å²) in [6.07, 6.45) is 5.39. The number of nitrogens with one attached hydrogen (secondary N) is 1. The molecule has 0 radical (unpaired) electrons. The average molecular weight is 352 g/mol. The molecule has 0 spiro atoms. The van der Waals surface area contributed by atoms with Gasteiger partial charge < -0.3 is 14.3 Å². The van der Waals surface area contributed by atoms with Gasteiger partial charge in [0.25, 0.3) is 5.91 Å². The lowest BCUT2D eigenvalue weighted by atomic mass is 10.3. The second kappa shape index (κ2) is 6.43. The lowest BCUT2D eigenvalue weighted by Gasteiger charge is -2.35. The van der Waals surface area contributed by atoms with Crippen molar-refractivity contribution in [2.45, 2.75) is 0 Å². The number of piperazine rings is 1. The van der Waals surface area contributed by atoms with E-state index >= 15 is 0 Å². The topological polar surface area (TPSA) is 122 Å². The molecule has 1 aliphatic heterocycles. The quantitative estimate of drug-likeness (QED) is 0.803. The molecule has 1 amide bonds. The van der Waals surface area contributed by atoms with E-state index < -0.39 is 10.0 Å². The SMILES string of the molecule is CS(=O)(=O)Nc1nccnc1N1CCN(C(=O)c2ccno2)CC1. The van der Waals surface area contributed by atoms with Crippen LogP contribution in [0.1, 0.15) is 10.6 Å². The van der Waals surface area contributed by atoms with E-state index in [4.69, 9.17) is 4.52 Å². The Bertz CT molecular complexity index is 815. The van der Waals surface area contributed by atoms with Crippen molar-refractivity contribution in [3.8, 4) is 0 Å². The monoisotopic (exact) mass is 352 g/mol. The Morgan fingerprint density at radius 3 is 2.50 bits per heavy atom. The fourth-order valence-electron chi connectivity index (χ4n) is 2.41. The molecule has 3 heterocycles. The smallest absolute Gasteiger partial charge is 0.292 e. The second-order valence-corrected chi connectivity index (χ2v) is 7.01. The maximum atomic E-state index is 12.2. The van der Waals surface area contributed by atoms with Crippen molar-refractivity contribution in [3.63, 3.8) is 0 Å². The van der Waals surface area contributed by atoms with Gasteiger partial charge in [0, 0.05) is 44.6 Å². The fraction of sp³-hybridized carbons (Fsp3) is 0.385. The van der Waals surface area contributed by atoms with Crippen molar-refractivity contribution >= 4 is 27.6 Å². The summed E-state index contributed by atoms with van der Waals surface area (Å²) >= 11 is 0. The minimum atomic E-state index is -3.46. The van der Waals surface area contributed by atoms with Crippen LogP contribution in [0.25, 0.3) is 0 Å². The van der Waals surface area contributed by atoms with Gasteiger partial charge in [0.2, 0.25) is 15.8 Å². The van der Waals surface area contributed by atoms with E-state index in [1.807, 2.05) is 4.90 Å². The first-order chi connectivity index (χ1) is 11.4. The van der Waals surface area contributed by atoms with Crippen molar-refractivity contribution in [2.24, 2.45) is 0 Å². The van der Waals surface area contributed by atoms with E-state index in [-0.39, 0.29) is 17.5 Å². The molecule has 0 atom stereocenters. The normalized spacial score (nSPS) is 15.4. The lowest BCUT2D eigenvalue weighted by molar-refractivity contribution is 0.0704. The summed E-state index contributed by atoms with van der Waals surface area (Å²) in [5, 5.41) is 3.53. The number of carbonyl (C=O) groups is 1. The van der Waals surface area contributed by atoms with Gasteiger partial charge in [-0.2, -0.15) is 0 Å². The zero-order chi connectivity index (χ0) is 17.2. The third kappa shape index (κ3) is 3.62. The summed E-state index contributed by atoms with van der Waals surface area (Å²) in [6.45, 7) is 1.90. The molecule has 0 bridgehead atoms. The number of sulfonamides is 1. The summed E-state index contributed by atoms with van der Waals surface area (Å²) in [7, 11) is -3.46. The van der Waals surface area contributed by atoms with Gasteiger partial charge in [-0.15, -0.1) is 0 Å². The van der Waals surface area contributed by atoms with E-state index in [1.54, 1.807) is 4.90 Å².